The lowest BCUT2D eigenvalue weighted by molar-refractivity contribution is -0.119. The van der Waals surface area contributed by atoms with E-state index in [4.69, 9.17) is 0 Å². The smallest absolute Gasteiger partial charge is 0.146 e. The van der Waals surface area contributed by atoms with E-state index in [-0.39, 0.29) is 5.25 Å². The largest absolute Gasteiger partial charge is 0.298 e. The standard InChI is InChI=1S/C10H12N2OS/c13-8-3-1-2-4-9(8)14-10-5-6-11-7-12-10/h5-7,9H,1-4H2. The van der Waals surface area contributed by atoms with Crippen molar-refractivity contribution in [1.82, 2.24) is 9.97 Å². The molecular formula is C10H12N2OS. The highest BCUT2D eigenvalue weighted by Crippen LogP contribution is 2.29. The second-order valence-electron chi connectivity index (χ2n) is 3.37. The monoisotopic (exact) mass is 208 g/mol. The van der Waals surface area contributed by atoms with Crippen LogP contribution in [-0.2, 0) is 4.79 Å². The SMILES string of the molecule is O=C1CCCCC1Sc1ccncn1. The summed E-state index contributed by atoms with van der Waals surface area (Å²) in [5.41, 5.74) is 0. The van der Waals surface area contributed by atoms with Gasteiger partial charge >= 0.3 is 0 Å². The van der Waals surface area contributed by atoms with Gasteiger partial charge in [0, 0.05) is 12.6 Å². The molecule has 4 heteroatoms. The Bertz CT molecular complexity index is 315. The first-order valence-corrected chi connectivity index (χ1v) is 5.69. The van der Waals surface area contributed by atoms with Crippen molar-refractivity contribution in [3.05, 3.63) is 18.6 Å². The van der Waals surface area contributed by atoms with Gasteiger partial charge < -0.3 is 0 Å². The average Bonchev–Trinajstić information content (AvgIpc) is 2.23. The van der Waals surface area contributed by atoms with Crippen LogP contribution in [0.1, 0.15) is 25.7 Å². The van der Waals surface area contributed by atoms with Gasteiger partial charge in [0.1, 0.15) is 17.1 Å². The van der Waals surface area contributed by atoms with Crippen molar-refractivity contribution in [3.8, 4) is 0 Å². The maximum Gasteiger partial charge on any atom is 0.146 e. The summed E-state index contributed by atoms with van der Waals surface area (Å²) >= 11 is 1.57. The van der Waals surface area contributed by atoms with Crippen LogP contribution in [0.2, 0.25) is 0 Å². The van der Waals surface area contributed by atoms with Crippen molar-refractivity contribution < 1.29 is 4.79 Å². The van der Waals surface area contributed by atoms with Crippen molar-refractivity contribution in [2.45, 2.75) is 36.0 Å². The fraction of sp³-hybridized carbons (Fsp3) is 0.500. The molecule has 3 nitrogen and oxygen atoms in total. The normalized spacial score (nSPS) is 22.3. The molecule has 0 saturated heterocycles. The summed E-state index contributed by atoms with van der Waals surface area (Å²) in [6.45, 7) is 0. The van der Waals surface area contributed by atoms with E-state index in [1.54, 1.807) is 18.0 Å². The molecule has 1 aromatic rings. The van der Waals surface area contributed by atoms with Crippen LogP contribution < -0.4 is 0 Å². The van der Waals surface area contributed by atoms with Crippen LogP contribution >= 0.6 is 11.8 Å². The van der Waals surface area contributed by atoms with E-state index in [0.717, 1.165) is 30.7 Å². The zero-order chi connectivity index (χ0) is 9.80. The van der Waals surface area contributed by atoms with Gasteiger partial charge in [-0.05, 0) is 18.9 Å². The fourth-order valence-electron chi connectivity index (χ4n) is 1.57. The molecule has 2 rings (SSSR count). The lowest BCUT2D eigenvalue weighted by Gasteiger charge is -2.18. The van der Waals surface area contributed by atoms with Crippen molar-refractivity contribution in [2.75, 3.05) is 0 Å². The van der Waals surface area contributed by atoms with Crippen LogP contribution in [0.25, 0.3) is 0 Å². The minimum Gasteiger partial charge on any atom is -0.298 e. The number of rotatable bonds is 2. The van der Waals surface area contributed by atoms with Gasteiger partial charge in [0.15, 0.2) is 0 Å². The van der Waals surface area contributed by atoms with Gasteiger partial charge in [-0.1, -0.05) is 18.2 Å². The number of thioether (sulfide) groups is 1. The Hall–Kier alpha value is -0.900. The number of ketones is 1. The highest BCUT2D eigenvalue weighted by molar-refractivity contribution is 8.00. The maximum atomic E-state index is 11.5. The van der Waals surface area contributed by atoms with E-state index < -0.39 is 0 Å². The summed E-state index contributed by atoms with van der Waals surface area (Å²) < 4.78 is 0. The Balaban J connectivity index is 2.00. The summed E-state index contributed by atoms with van der Waals surface area (Å²) in [6, 6.07) is 1.85. The first kappa shape index (κ1) is 9.65. The molecular weight excluding hydrogens is 196 g/mol. The van der Waals surface area contributed by atoms with Crippen LogP contribution in [0.5, 0.6) is 0 Å². The lowest BCUT2D eigenvalue weighted by Crippen LogP contribution is -2.21. The van der Waals surface area contributed by atoms with E-state index in [0.29, 0.717) is 5.78 Å². The van der Waals surface area contributed by atoms with E-state index in [1.165, 1.54) is 6.33 Å². The van der Waals surface area contributed by atoms with Gasteiger partial charge in [0.25, 0.3) is 0 Å². The van der Waals surface area contributed by atoms with Crippen LogP contribution in [0, 0.1) is 0 Å². The number of carbonyl (C=O) groups is 1. The van der Waals surface area contributed by atoms with Crippen molar-refractivity contribution >= 4 is 17.5 Å². The van der Waals surface area contributed by atoms with Gasteiger partial charge in [-0.25, -0.2) is 9.97 Å². The predicted octanol–water partition coefficient (Wildman–Crippen LogP) is 2.08. The van der Waals surface area contributed by atoms with Crippen molar-refractivity contribution in [2.24, 2.45) is 0 Å². The first-order chi connectivity index (χ1) is 6.86. The molecule has 1 heterocycles. The molecule has 74 valence electrons. The summed E-state index contributed by atoms with van der Waals surface area (Å²) in [5.74, 6) is 0.375. The molecule has 1 aliphatic rings. The van der Waals surface area contributed by atoms with Gasteiger partial charge in [0.2, 0.25) is 0 Å². The number of nitrogens with zero attached hydrogens (tertiary/aromatic N) is 2. The molecule has 0 aromatic carbocycles. The third-order valence-corrected chi connectivity index (χ3v) is 3.58. The predicted molar refractivity (Wildman–Crippen MR) is 55.2 cm³/mol. The molecule has 14 heavy (non-hydrogen) atoms. The van der Waals surface area contributed by atoms with Crippen LogP contribution in [0.4, 0.5) is 0 Å². The number of carbonyl (C=O) groups excluding carboxylic acids is 1. The second kappa shape index (κ2) is 4.55. The molecule has 1 unspecified atom stereocenters. The number of hydrogen-bond acceptors (Lipinski definition) is 4. The molecule has 1 atom stereocenters. The molecule has 1 aromatic heterocycles. The molecule has 1 aliphatic carbocycles. The lowest BCUT2D eigenvalue weighted by atomic mass is 9.99. The van der Waals surface area contributed by atoms with Gasteiger partial charge in [-0.15, -0.1) is 0 Å². The Morgan fingerprint density at radius 3 is 3.07 bits per heavy atom. The van der Waals surface area contributed by atoms with Gasteiger partial charge in [0.05, 0.1) is 5.25 Å². The number of aromatic nitrogens is 2. The zero-order valence-corrected chi connectivity index (χ0v) is 8.67. The number of hydrogen-bond donors (Lipinski definition) is 0. The van der Waals surface area contributed by atoms with E-state index in [9.17, 15) is 4.79 Å². The molecule has 0 N–H and O–H groups in total. The molecule has 0 radical (unpaired) electrons. The summed E-state index contributed by atoms with van der Waals surface area (Å²) in [7, 11) is 0. The molecule has 0 amide bonds. The fourth-order valence-corrected chi connectivity index (χ4v) is 2.64. The van der Waals surface area contributed by atoms with Gasteiger partial charge in [-0.2, -0.15) is 0 Å². The third-order valence-electron chi connectivity index (χ3n) is 2.32. The Labute approximate surface area is 87.3 Å². The first-order valence-electron chi connectivity index (χ1n) is 4.81. The topological polar surface area (TPSA) is 42.9 Å². The third kappa shape index (κ3) is 2.32. The quantitative estimate of drug-likeness (QED) is 0.698. The van der Waals surface area contributed by atoms with Crippen LogP contribution in [-0.4, -0.2) is 21.0 Å². The Morgan fingerprint density at radius 2 is 2.36 bits per heavy atom. The molecule has 1 fully saturated rings. The minimum atomic E-state index is 0.124. The van der Waals surface area contributed by atoms with E-state index in [2.05, 4.69) is 9.97 Å². The van der Waals surface area contributed by atoms with Crippen LogP contribution in [0.15, 0.2) is 23.6 Å². The molecule has 1 saturated carbocycles. The van der Waals surface area contributed by atoms with E-state index >= 15 is 0 Å². The Kier molecular flexibility index (Phi) is 3.14. The van der Waals surface area contributed by atoms with Crippen molar-refractivity contribution in [3.63, 3.8) is 0 Å². The summed E-state index contributed by atoms with van der Waals surface area (Å²) in [4.78, 5) is 19.5. The molecule has 0 aliphatic heterocycles. The maximum absolute atomic E-state index is 11.5. The number of Topliss-reactive ketones (excluding diaryl/α,β-unsaturated/α-hetero) is 1. The zero-order valence-electron chi connectivity index (χ0n) is 7.85. The highest BCUT2D eigenvalue weighted by atomic mass is 32.2. The highest BCUT2D eigenvalue weighted by Gasteiger charge is 2.23. The van der Waals surface area contributed by atoms with Crippen LogP contribution in [0.3, 0.4) is 0 Å². The molecule has 0 spiro atoms. The Morgan fingerprint density at radius 1 is 1.43 bits per heavy atom. The second-order valence-corrected chi connectivity index (χ2v) is 4.59. The minimum absolute atomic E-state index is 0.124. The van der Waals surface area contributed by atoms with Gasteiger partial charge in [-0.3, -0.25) is 4.79 Å². The summed E-state index contributed by atoms with van der Waals surface area (Å²) in [6.07, 6.45) is 7.18. The molecule has 0 bridgehead atoms. The summed E-state index contributed by atoms with van der Waals surface area (Å²) in [5, 5.41) is 1.03. The average molecular weight is 208 g/mol. The van der Waals surface area contributed by atoms with Crippen molar-refractivity contribution in [1.29, 1.82) is 0 Å². The van der Waals surface area contributed by atoms with E-state index in [1.807, 2.05) is 6.07 Å².